The lowest BCUT2D eigenvalue weighted by atomic mass is 10.2. The van der Waals surface area contributed by atoms with Crippen molar-refractivity contribution in [1.29, 1.82) is 0 Å². The number of alkyl halides is 3. The number of para-hydroxylation sites is 1. The van der Waals surface area contributed by atoms with Gasteiger partial charge in [0.15, 0.2) is 11.5 Å². The van der Waals surface area contributed by atoms with Crippen LogP contribution in [0, 0.1) is 0 Å². The third-order valence-electron chi connectivity index (χ3n) is 3.82. The number of rotatable bonds is 3. The Labute approximate surface area is 155 Å². The van der Waals surface area contributed by atoms with E-state index in [0.717, 1.165) is 10.9 Å². The van der Waals surface area contributed by atoms with E-state index in [2.05, 4.69) is 20.6 Å². The van der Waals surface area contributed by atoms with Crippen LogP contribution in [0.4, 0.5) is 13.2 Å². The molecule has 4 aromatic rings. The zero-order chi connectivity index (χ0) is 19.0. The number of tetrazole rings is 1. The Balaban J connectivity index is 1.91. The molecule has 27 heavy (non-hydrogen) atoms. The first-order valence-electron chi connectivity index (χ1n) is 7.70. The second kappa shape index (κ2) is 6.51. The van der Waals surface area contributed by atoms with Crippen molar-refractivity contribution in [3.63, 3.8) is 0 Å². The molecule has 0 spiro atoms. The molecule has 2 aromatic heterocycles. The molecule has 0 aliphatic heterocycles. The van der Waals surface area contributed by atoms with Crippen LogP contribution in [0.2, 0.25) is 5.02 Å². The maximum atomic E-state index is 13.9. The summed E-state index contributed by atoms with van der Waals surface area (Å²) in [5.74, 6) is -0.0614. The zero-order valence-corrected chi connectivity index (χ0v) is 14.2. The molecule has 0 radical (unpaired) electrons. The Bertz CT molecular complexity index is 1070. The number of aromatic nitrogens is 6. The van der Waals surface area contributed by atoms with Crippen LogP contribution < -0.4 is 0 Å². The molecule has 0 unspecified atom stereocenters. The van der Waals surface area contributed by atoms with Crippen LogP contribution in [0.15, 0.2) is 60.8 Å². The number of hydrogen-bond acceptors (Lipinski definition) is 4. The topological polar surface area (TPSA) is 61.4 Å². The first kappa shape index (κ1) is 17.2. The van der Waals surface area contributed by atoms with Crippen molar-refractivity contribution in [2.45, 2.75) is 6.18 Å². The van der Waals surface area contributed by atoms with Crippen LogP contribution in [0.3, 0.4) is 0 Å². The fourth-order valence-electron chi connectivity index (χ4n) is 2.66. The fraction of sp³-hybridized carbons (Fsp3) is 0.0588. The van der Waals surface area contributed by atoms with E-state index < -0.39 is 11.9 Å². The minimum Gasteiger partial charge on any atom is -0.228 e. The molecule has 0 atom stereocenters. The summed E-state index contributed by atoms with van der Waals surface area (Å²) in [6, 6.07) is 14.5. The smallest absolute Gasteiger partial charge is 0.228 e. The van der Waals surface area contributed by atoms with Gasteiger partial charge in [0, 0.05) is 5.02 Å². The van der Waals surface area contributed by atoms with E-state index >= 15 is 0 Å². The minimum absolute atomic E-state index is 0.0614. The molecular formula is C17H10ClF3N6. The Kier molecular flexibility index (Phi) is 4.15. The average molecular weight is 391 g/mol. The van der Waals surface area contributed by atoms with Gasteiger partial charge in [0.1, 0.15) is 0 Å². The highest BCUT2D eigenvalue weighted by Crippen LogP contribution is 2.38. The molecule has 2 aromatic carbocycles. The summed E-state index contributed by atoms with van der Waals surface area (Å²) in [5.41, 5.74) is -0.454. The monoisotopic (exact) mass is 390 g/mol. The second-order valence-corrected chi connectivity index (χ2v) is 5.98. The molecule has 2 heterocycles. The highest BCUT2D eigenvalue weighted by Gasteiger charge is 2.40. The lowest BCUT2D eigenvalue weighted by molar-refractivity contribution is -0.142. The number of benzene rings is 2. The van der Waals surface area contributed by atoms with Crippen molar-refractivity contribution < 1.29 is 13.2 Å². The van der Waals surface area contributed by atoms with Gasteiger partial charge < -0.3 is 0 Å². The molecule has 0 N–H and O–H groups in total. The molecule has 4 rings (SSSR count). The van der Waals surface area contributed by atoms with Crippen molar-refractivity contribution in [2.24, 2.45) is 0 Å². The van der Waals surface area contributed by atoms with Gasteiger partial charge in [0.2, 0.25) is 0 Å². The lowest BCUT2D eigenvalue weighted by Gasteiger charge is -2.12. The Morgan fingerprint density at radius 3 is 2.19 bits per heavy atom. The summed E-state index contributed by atoms with van der Waals surface area (Å²) < 4.78 is 43.6. The van der Waals surface area contributed by atoms with E-state index in [9.17, 15) is 13.2 Å². The van der Waals surface area contributed by atoms with Gasteiger partial charge in [-0.2, -0.15) is 23.0 Å². The van der Waals surface area contributed by atoms with Crippen LogP contribution in [-0.2, 0) is 6.18 Å². The van der Waals surface area contributed by atoms with Crippen molar-refractivity contribution >= 4 is 11.6 Å². The standard InChI is InChI=1S/C17H10ClF3N6/c18-11-6-8-13(9-7-11)26-15(17(19,20)21)14(10-22-26)16-23-24-25-27(16)12-4-2-1-3-5-12/h1-10H. The summed E-state index contributed by atoms with van der Waals surface area (Å²) >= 11 is 5.82. The quantitative estimate of drug-likeness (QED) is 0.526. The van der Waals surface area contributed by atoms with Gasteiger partial charge in [0.25, 0.3) is 0 Å². The average Bonchev–Trinajstić information content (AvgIpc) is 3.29. The molecule has 10 heteroatoms. The predicted octanol–water partition coefficient (Wildman–Crippen LogP) is 4.19. The molecule has 136 valence electrons. The molecule has 0 fully saturated rings. The molecular weight excluding hydrogens is 381 g/mol. The van der Waals surface area contributed by atoms with Crippen LogP contribution in [0.25, 0.3) is 22.8 Å². The van der Waals surface area contributed by atoms with E-state index in [0.29, 0.717) is 10.7 Å². The Morgan fingerprint density at radius 1 is 0.852 bits per heavy atom. The maximum absolute atomic E-state index is 13.9. The van der Waals surface area contributed by atoms with Crippen molar-refractivity contribution in [3.05, 3.63) is 71.5 Å². The summed E-state index contributed by atoms with van der Waals surface area (Å²) in [6.07, 6.45) is -3.58. The number of hydrogen-bond donors (Lipinski definition) is 0. The van der Waals surface area contributed by atoms with Gasteiger partial charge in [-0.05, 0) is 46.8 Å². The van der Waals surface area contributed by atoms with Gasteiger partial charge in [-0.1, -0.05) is 29.8 Å². The van der Waals surface area contributed by atoms with Gasteiger partial charge in [-0.3, -0.25) is 0 Å². The summed E-state index contributed by atoms with van der Waals surface area (Å²) in [6.45, 7) is 0. The molecule has 0 aliphatic carbocycles. The van der Waals surface area contributed by atoms with Crippen molar-refractivity contribution in [1.82, 2.24) is 30.0 Å². The van der Waals surface area contributed by atoms with Gasteiger partial charge >= 0.3 is 6.18 Å². The maximum Gasteiger partial charge on any atom is 0.434 e. The van der Waals surface area contributed by atoms with Crippen LogP contribution in [0.5, 0.6) is 0 Å². The van der Waals surface area contributed by atoms with Crippen molar-refractivity contribution in [2.75, 3.05) is 0 Å². The Morgan fingerprint density at radius 2 is 1.52 bits per heavy atom. The van der Waals surface area contributed by atoms with E-state index in [1.165, 1.54) is 28.9 Å². The molecule has 6 nitrogen and oxygen atoms in total. The van der Waals surface area contributed by atoms with Gasteiger partial charge in [-0.25, -0.2) is 4.68 Å². The minimum atomic E-state index is -4.68. The molecule has 0 saturated heterocycles. The second-order valence-electron chi connectivity index (χ2n) is 5.54. The predicted molar refractivity (Wildman–Crippen MR) is 91.7 cm³/mol. The van der Waals surface area contributed by atoms with Gasteiger partial charge in [0.05, 0.1) is 23.1 Å². The normalized spacial score (nSPS) is 11.7. The van der Waals surface area contributed by atoms with Crippen LogP contribution in [-0.4, -0.2) is 30.0 Å². The largest absolute Gasteiger partial charge is 0.434 e. The van der Waals surface area contributed by atoms with E-state index in [1.807, 2.05) is 0 Å². The highest BCUT2D eigenvalue weighted by atomic mass is 35.5. The molecule has 0 aliphatic rings. The Hall–Kier alpha value is -3.20. The molecule has 0 amide bonds. The van der Waals surface area contributed by atoms with E-state index in [-0.39, 0.29) is 17.1 Å². The number of nitrogens with zero attached hydrogens (tertiary/aromatic N) is 6. The van der Waals surface area contributed by atoms with E-state index in [4.69, 9.17) is 11.6 Å². The number of halogens is 4. The fourth-order valence-corrected chi connectivity index (χ4v) is 2.79. The van der Waals surface area contributed by atoms with Crippen molar-refractivity contribution in [3.8, 4) is 22.8 Å². The third-order valence-corrected chi connectivity index (χ3v) is 4.07. The van der Waals surface area contributed by atoms with E-state index in [1.54, 1.807) is 30.3 Å². The molecule has 0 saturated carbocycles. The SMILES string of the molecule is FC(F)(F)c1c(-c2nnnn2-c2ccccc2)cnn1-c1ccc(Cl)cc1. The summed E-state index contributed by atoms with van der Waals surface area (Å²) in [5, 5.41) is 15.5. The summed E-state index contributed by atoms with van der Waals surface area (Å²) in [4.78, 5) is 0. The third kappa shape index (κ3) is 3.17. The molecule has 0 bridgehead atoms. The zero-order valence-electron chi connectivity index (χ0n) is 13.5. The van der Waals surface area contributed by atoms with Crippen LogP contribution in [0.1, 0.15) is 5.69 Å². The lowest BCUT2D eigenvalue weighted by Crippen LogP contribution is -2.15. The van der Waals surface area contributed by atoms with Gasteiger partial charge in [-0.15, -0.1) is 5.10 Å². The first-order valence-corrected chi connectivity index (χ1v) is 8.08. The van der Waals surface area contributed by atoms with Crippen LogP contribution >= 0.6 is 11.6 Å². The first-order chi connectivity index (χ1) is 12.9. The summed E-state index contributed by atoms with van der Waals surface area (Å²) in [7, 11) is 0. The highest BCUT2D eigenvalue weighted by molar-refractivity contribution is 6.30.